The minimum atomic E-state index is -0.754. The third-order valence-electron chi connectivity index (χ3n) is 5.51. The fourth-order valence-corrected chi connectivity index (χ4v) is 3.81. The van der Waals surface area contributed by atoms with Crippen molar-refractivity contribution in [1.29, 1.82) is 0 Å². The SMILES string of the molecule is Cc1c(NC(=O)C2CCCC2)cccc1NC(=O)C1(N)CCCC1. The van der Waals surface area contributed by atoms with Crippen LogP contribution in [0.3, 0.4) is 0 Å². The molecule has 0 atom stereocenters. The van der Waals surface area contributed by atoms with Crippen molar-refractivity contribution in [3.8, 4) is 0 Å². The van der Waals surface area contributed by atoms with E-state index in [9.17, 15) is 9.59 Å². The van der Waals surface area contributed by atoms with Crippen molar-refractivity contribution in [3.05, 3.63) is 23.8 Å². The Morgan fingerprint density at radius 1 is 1.04 bits per heavy atom. The van der Waals surface area contributed by atoms with Crippen LogP contribution in [0.1, 0.15) is 56.9 Å². The summed E-state index contributed by atoms with van der Waals surface area (Å²) in [6.45, 7) is 1.91. The second-order valence-electron chi connectivity index (χ2n) is 7.27. The Morgan fingerprint density at radius 3 is 2.25 bits per heavy atom. The number of amides is 2. The zero-order valence-corrected chi connectivity index (χ0v) is 14.4. The first-order valence-corrected chi connectivity index (χ1v) is 9.00. The lowest BCUT2D eigenvalue weighted by molar-refractivity contribution is -0.121. The smallest absolute Gasteiger partial charge is 0.244 e. The Balaban J connectivity index is 1.71. The van der Waals surface area contributed by atoms with Gasteiger partial charge in [-0.3, -0.25) is 9.59 Å². The molecule has 2 aliphatic carbocycles. The van der Waals surface area contributed by atoms with Gasteiger partial charge in [0.2, 0.25) is 11.8 Å². The lowest BCUT2D eigenvalue weighted by Gasteiger charge is -2.23. The van der Waals surface area contributed by atoms with E-state index in [2.05, 4.69) is 10.6 Å². The minimum Gasteiger partial charge on any atom is -0.326 e. The highest BCUT2D eigenvalue weighted by Gasteiger charge is 2.37. The van der Waals surface area contributed by atoms with Crippen molar-refractivity contribution in [1.82, 2.24) is 0 Å². The van der Waals surface area contributed by atoms with Gasteiger partial charge in [-0.1, -0.05) is 31.7 Å². The molecule has 2 fully saturated rings. The predicted molar refractivity (Wildman–Crippen MR) is 95.8 cm³/mol. The molecule has 0 heterocycles. The van der Waals surface area contributed by atoms with E-state index in [1.54, 1.807) is 0 Å². The van der Waals surface area contributed by atoms with E-state index in [0.717, 1.165) is 68.3 Å². The summed E-state index contributed by atoms with van der Waals surface area (Å²) in [4.78, 5) is 24.9. The van der Waals surface area contributed by atoms with Gasteiger partial charge in [0.15, 0.2) is 0 Å². The van der Waals surface area contributed by atoms with Crippen molar-refractivity contribution < 1.29 is 9.59 Å². The average molecular weight is 329 g/mol. The highest BCUT2D eigenvalue weighted by molar-refractivity contribution is 6.00. The maximum atomic E-state index is 12.5. The van der Waals surface area contributed by atoms with Crippen molar-refractivity contribution in [2.24, 2.45) is 11.7 Å². The molecule has 2 amide bonds. The predicted octanol–water partition coefficient (Wildman–Crippen LogP) is 3.33. The van der Waals surface area contributed by atoms with E-state index < -0.39 is 5.54 Å². The van der Waals surface area contributed by atoms with Gasteiger partial charge in [-0.15, -0.1) is 0 Å². The maximum absolute atomic E-state index is 12.5. The molecule has 1 aromatic rings. The molecule has 1 aromatic carbocycles. The van der Waals surface area contributed by atoms with Crippen LogP contribution in [0.2, 0.25) is 0 Å². The van der Waals surface area contributed by atoms with Crippen LogP contribution in [0.15, 0.2) is 18.2 Å². The molecule has 0 saturated heterocycles. The number of hydrogen-bond donors (Lipinski definition) is 3. The lowest BCUT2D eigenvalue weighted by Crippen LogP contribution is -2.48. The molecule has 2 aliphatic rings. The normalized spacial score (nSPS) is 20.1. The Morgan fingerprint density at radius 2 is 1.62 bits per heavy atom. The second kappa shape index (κ2) is 6.93. The molecule has 24 heavy (non-hydrogen) atoms. The molecule has 5 heteroatoms. The number of nitrogens with two attached hydrogens (primary N) is 1. The Bertz CT molecular complexity index is 629. The summed E-state index contributed by atoms with van der Waals surface area (Å²) in [5, 5.41) is 5.98. The summed E-state index contributed by atoms with van der Waals surface area (Å²) in [5.74, 6) is 0.0842. The summed E-state index contributed by atoms with van der Waals surface area (Å²) in [6, 6.07) is 5.59. The van der Waals surface area contributed by atoms with E-state index in [4.69, 9.17) is 5.73 Å². The third-order valence-corrected chi connectivity index (χ3v) is 5.51. The van der Waals surface area contributed by atoms with Gasteiger partial charge in [0.25, 0.3) is 0 Å². The van der Waals surface area contributed by atoms with Crippen LogP contribution < -0.4 is 16.4 Å². The van der Waals surface area contributed by atoms with E-state index in [1.165, 1.54) is 0 Å². The Kier molecular flexibility index (Phi) is 4.90. The van der Waals surface area contributed by atoms with Gasteiger partial charge in [-0.05, 0) is 50.3 Å². The summed E-state index contributed by atoms with van der Waals surface area (Å²) in [5.41, 5.74) is 7.83. The van der Waals surface area contributed by atoms with E-state index in [1.807, 2.05) is 25.1 Å². The number of carbonyl (C=O) groups is 2. The van der Waals surface area contributed by atoms with Gasteiger partial charge in [0.1, 0.15) is 0 Å². The Hall–Kier alpha value is -1.88. The van der Waals surface area contributed by atoms with Crippen molar-refractivity contribution >= 4 is 23.2 Å². The fourth-order valence-electron chi connectivity index (χ4n) is 3.81. The molecule has 0 spiro atoms. The van der Waals surface area contributed by atoms with E-state index >= 15 is 0 Å². The number of hydrogen-bond acceptors (Lipinski definition) is 3. The van der Waals surface area contributed by atoms with Crippen LogP contribution in [0.25, 0.3) is 0 Å². The van der Waals surface area contributed by atoms with Gasteiger partial charge in [0.05, 0.1) is 5.54 Å². The molecule has 2 saturated carbocycles. The fraction of sp³-hybridized carbons (Fsp3) is 0.579. The number of carbonyl (C=O) groups excluding carboxylic acids is 2. The molecular formula is C19H27N3O2. The van der Waals surface area contributed by atoms with Crippen LogP contribution in [-0.2, 0) is 9.59 Å². The molecule has 0 aromatic heterocycles. The third kappa shape index (κ3) is 3.46. The molecule has 4 N–H and O–H groups in total. The topological polar surface area (TPSA) is 84.2 Å². The van der Waals surface area contributed by atoms with Crippen LogP contribution in [0.5, 0.6) is 0 Å². The largest absolute Gasteiger partial charge is 0.326 e. The Labute approximate surface area is 143 Å². The molecule has 0 radical (unpaired) electrons. The summed E-state index contributed by atoms with van der Waals surface area (Å²) in [7, 11) is 0. The van der Waals surface area contributed by atoms with Gasteiger partial charge in [0, 0.05) is 17.3 Å². The number of anilines is 2. The first-order chi connectivity index (χ1) is 11.5. The van der Waals surface area contributed by atoms with E-state index in [0.29, 0.717) is 0 Å². The molecule has 0 aliphatic heterocycles. The minimum absolute atomic E-state index is 0.0881. The number of benzene rings is 1. The van der Waals surface area contributed by atoms with Crippen LogP contribution in [-0.4, -0.2) is 17.4 Å². The molecule has 3 rings (SSSR count). The number of nitrogens with one attached hydrogen (secondary N) is 2. The maximum Gasteiger partial charge on any atom is 0.244 e. The number of rotatable bonds is 4. The monoisotopic (exact) mass is 329 g/mol. The van der Waals surface area contributed by atoms with Crippen molar-refractivity contribution in [2.75, 3.05) is 10.6 Å². The van der Waals surface area contributed by atoms with Crippen molar-refractivity contribution in [2.45, 2.75) is 63.8 Å². The van der Waals surface area contributed by atoms with E-state index in [-0.39, 0.29) is 17.7 Å². The first kappa shape index (κ1) is 17.0. The van der Waals surface area contributed by atoms with Crippen LogP contribution in [0, 0.1) is 12.8 Å². The average Bonchev–Trinajstić information content (AvgIpc) is 3.23. The molecular weight excluding hydrogens is 302 g/mol. The van der Waals surface area contributed by atoms with Gasteiger partial charge in [-0.25, -0.2) is 0 Å². The molecule has 0 unspecified atom stereocenters. The molecule has 5 nitrogen and oxygen atoms in total. The second-order valence-corrected chi connectivity index (χ2v) is 7.27. The van der Waals surface area contributed by atoms with Crippen LogP contribution in [0.4, 0.5) is 11.4 Å². The van der Waals surface area contributed by atoms with Gasteiger partial charge in [-0.2, -0.15) is 0 Å². The molecule has 130 valence electrons. The molecule has 0 bridgehead atoms. The van der Waals surface area contributed by atoms with Gasteiger partial charge >= 0.3 is 0 Å². The van der Waals surface area contributed by atoms with Gasteiger partial charge < -0.3 is 16.4 Å². The quantitative estimate of drug-likeness (QED) is 0.792. The summed E-state index contributed by atoms with van der Waals surface area (Å²) < 4.78 is 0. The highest BCUT2D eigenvalue weighted by Crippen LogP contribution is 2.31. The first-order valence-electron chi connectivity index (χ1n) is 9.00. The summed E-state index contributed by atoms with van der Waals surface area (Å²) >= 11 is 0. The van der Waals surface area contributed by atoms with Crippen molar-refractivity contribution in [3.63, 3.8) is 0 Å². The zero-order chi connectivity index (χ0) is 17.2. The summed E-state index contributed by atoms with van der Waals surface area (Å²) in [6.07, 6.45) is 7.66. The standard InChI is InChI=1S/C19H27N3O2/c1-13-15(21-17(23)14-7-2-3-8-14)9-6-10-16(13)22-18(24)19(20)11-4-5-12-19/h6,9-10,14H,2-5,7-8,11-12,20H2,1H3,(H,21,23)(H,22,24). The highest BCUT2D eigenvalue weighted by atomic mass is 16.2. The lowest BCUT2D eigenvalue weighted by atomic mass is 9.97. The van der Waals surface area contributed by atoms with Crippen LogP contribution >= 0.6 is 0 Å². The zero-order valence-electron chi connectivity index (χ0n) is 14.4.